The normalized spacial score (nSPS) is 18.9. The zero-order valence-electron chi connectivity index (χ0n) is 11.9. The third-order valence-corrected chi connectivity index (χ3v) is 3.60. The second-order valence-corrected chi connectivity index (χ2v) is 5.24. The highest BCUT2D eigenvalue weighted by Crippen LogP contribution is 2.19. The number of likely N-dealkylation sites (tertiary alicyclic amines) is 1. The maximum Gasteiger partial charge on any atom is 0.191 e. The number of aliphatic imine (C=N–C) groups is 1. The highest BCUT2D eigenvalue weighted by atomic mass is 16.3. The summed E-state index contributed by atoms with van der Waals surface area (Å²) in [5.74, 6) is 1.60. The van der Waals surface area contributed by atoms with Crippen LogP contribution in [0.25, 0.3) is 0 Å². The van der Waals surface area contributed by atoms with Gasteiger partial charge in [0.15, 0.2) is 5.96 Å². The molecule has 2 heterocycles. The van der Waals surface area contributed by atoms with E-state index in [0.717, 1.165) is 18.8 Å². The Balaban J connectivity index is 1.97. The van der Waals surface area contributed by atoms with Gasteiger partial charge in [0.25, 0.3) is 0 Å². The van der Waals surface area contributed by atoms with Gasteiger partial charge in [0.05, 0.1) is 18.8 Å². The van der Waals surface area contributed by atoms with E-state index < -0.39 is 0 Å². The molecule has 1 unspecified atom stereocenters. The number of likely N-dealkylation sites (N-methyl/N-ethyl adjacent to an activating group) is 1. The molecule has 1 atom stereocenters. The maximum atomic E-state index is 6.08. The van der Waals surface area contributed by atoms with Gasteiger partial charge < -0.3 is 15.1 Å². The van der Waals surface area contributed by atoms with Crippen molar-refractivity contribution in [1.29, 1.82) is 0 Å². The first-order valence-corrected chi connectivity index (χ1v) is 6.93. The minimum atomic E-state index is 0.137. The summed E-state index contributed by atoms with van der Waals surface area (Å²) >= 11 is 0. The van der Waals surface area contributed by atoms with Crippen LogP contribution in [0.3, 0.4) is 0 Å². The molecule has 1 aromatic rings. The van der Waals surface area contributed by atoms with E-state index in [-0.39, 0.29) is 6.04 Å². The number of nitrogens with zero attached hydrogens (tertiary/aromatic N) is 3. The van der Waals surface area contributed by atoms with Crippen LogP contribution in [0, 0.1) is 0 Å². The zero-order chi connectivity index (χ0) is 13.7. The van der Waals surface area contributed by atoms with Crippen LogP contribution in [-0.2, 0) is 0 Å². The lowest BCUT2D eigenvalue weighted by Gasteiger charge is -2.28. The van der Waals surface area contributed by atoms with Crippen LogP contribution in [0.15, 0.2) is 27.8 Å². The predicted octanol–water partition coefficient (Wildman–Crippen LogP) is 1.68. The van der Waals surface area contributed by atoms with Crippen molar-refractivity contribution in [2.24, 2.45) is 10.7 Å². The van der Waals surface area contributed by atoms with Gasteiger partial charge in [0, 0.05) is 13.1 Å². The molecule has 1 aliphatic heterocycles. The highest BCUT2D eigenvalue weighted by Gasteiger charge is 2.18. The van der Waals surface area contributed by atoms with Crippen LogP contribution < -0.4 is 5.73 Å². The summed E-state index contributed by atoms with van der Waals surface area (Å²) in [7, 11) is 4.06. The molecule has 1 fully saturated rings. The third-order valence-electron chi connectivity index (χ3n) is 3.60. The Kier molecular flexibility index (Phi) is 4.85. The molecule has 0 aromatic carbocycles. The summed E-state index contributed by atoms with van der Waals surface area (Å²) in [6.45, 7) is 2.69. The summed E-state index contributed by atoms with van der Waals surface area (Å²) < 4.78 is 5.47. The van der Waals surface area contributed by atoms with Gasteiger partial charge in [0.2, 0.25) is 0 Å². The average Bonchev–Trinajstić information content (AvgIpc) is 2.93. The standard InChI is InChI=1S/C14H24N4O/c1-17(2)12(13-7-6-10-19-13)11-16-14(15)18-8-4-3-5-9-18/h6-7,10,12H,3-5,8-9,11H2,1-2H3,(H2,15,16). The van der Waals surface area contributed by atoms with Crippen molar-refractivity contribution in [3.05, 3.63) is 24.2 Å². The Morgan fingerprint density at radius 1 is 1.42 bits per heavy atom. The van der Waals surface area contributed by atoms with Crippen LogP contribution in [0.2, 0.25) is 0 Å². The second kappa shape index (κ2) is 6.61. The fourth-order valence-corrected chi connectivity index (χ4v) is 2.39. The Hall–Kier alpha value is -1.49. The lowest BCUT2D eigenvalue weighted by atomic mass is 10.1. The molecule has 1 saturated heterocycles. The number of hydrogen-bond acceptors (Lipinski definition) is 3. The second-order valence-electron chi connectivity index (χ2n) is 5.24. The van der Waals surface area contributed by atoms with E-state index in [4.69, 9.17) is 10.2 Å². The van der Waals surface area contributed by atoms with Gasteiger partial charge >= 0.3 is 0 Å². The number of rotatable bonds is 4. The summed E-state index contributed by atoms with van der Waals surface area (Å²) in [6.07, 6.45) is 5.43. The number of piperidine rings is 1. The van der Waals surface area contributed by atoms with E-state index in [1.165, 1.54) is 19.3 Å². The number of guanidine groups is 1. The smallest absolute Gasteiger partial charge is 0.191 e. The number of hydrogen-bond donors (Lipinski definition) is 1. The van der Waals surface area contributed by atoms with Crippen LogP contribution in [0.5, 0.6) is 0 Å². The molecule has 5 nitrogen and oxygen atoms in total. The molecule has 106 valence electrons. The molecular formula is C14H24N4O. The maximum absolute atomic E-state index is 6.08. The van der Waals surface area contributed by atoms with Gasteiger partial charge in [-0.3, -0.25) is 9.89 Å². The average molecular weight is 264 g/mol. The summed E-state index contributed by atoms with van der Waals surface area (Å²) in [6, 6.07) is 4.03. The zero-order valence-corrected chi connectivity index (χ0v) is 11.9. The van der Waals surface area contributed by atoms with Crippen molar-refractivity contribution in [2.75, 3.05) is 33.7 Å². The lowest BCUT2D eigenvalue weighted by Crippen LogP contribution is -2.41. The molecule has 0 radical (unpaired) electrons. The SMILES string of the molecule is CN(C)C(CN=C(N)N1CCCCC1)c1ccco1. The van der Waals surface area contributed by atoms with E-state index in [1.807, 2.05) is 26.2 Å². The van der Waals surface area contributed by atoms with E-state index in [0.29, 0.717) is 12.5 Å². The number of nitrogens with two attached hydrogens (primary N) is 1. The van der Waals surface area contributed by atoms with Gasteiger partial charge in [-0.2, -0.15) is 0 Å². The molecule has 19 heavy (non-hydrogen) atoms. The minimum absolute atomic E-state index is 0.137. The molecule has 0 saturated carbocycles. The molecule has 0 aliphatic carbocycles. The Morgan fingerprint density at radius 2 is 2.16 bits per heavy atom. The molecule has 0 bridgehead atoms. The van der Waals surface area contributed by atoms with Gasteiger partial charge in [-0.1, -0.05) is 0 Å². The van der Waals surface area contributed by atoms with E-state index in [2.05, 4.69) is 14.8 Å². The van der Waals surface area contributed by atoms with Gasteiger partial charge in [-0.05, 0) is 45.5 Å². The van der Waals surface area contributed by atoms with E-state index in [1.54, 1.807) is 6.26 Å². The quantitative estimate of drug-likeness (QED) is 0.664. The topological polar surface area (TPSA) is 58.0 Å². The Morgan fingerprint density at radius 3 is 2.74 bits per heavy atom. The Labute approximate surface area is 115 Å². The molecule has 2 rings (SSSR count). The van der Waals surface area contributed by atoms with Crippen molar-refractivity contribution < 1.29 is 4.42 Å². The summed E-state index contributed by atoms with van der Waals surface area (Å²) in [5.41, 5.74) is 6.08. The molecular weight excluding hydrogens is 240 g/mol. The molecule has 0 spiro atoms. The van der Waals surface area contributed by atoms with Crippen LogP contribution >= 0.6 is 0 Å². The summed E-state index contributed by atoms with van der Waals surface area (Å²) in [5, 5.41) is 0. The monoisotopic (exact) mass is 264 g/mol. The third kappa shape index (κ3) is 3.73. The van der Waals surface area contributed by atoms with Crippen molar-refractivity contribution in [3.63, 3.8) is 0 Å². The van der Waals surface area contributed by atoms with Crippen molar-refractivity contribution in [3.8, 4) is 0 Å². The molecule has 2 N–H and O–H groups in total. The van der Waals surface area contributed by atoms with Crippen LogP contribution in [0.1, 0.15) is 31.1 Å². The molecule has 1 aliphatic rings. The predicted molar refractivity (Wildman–Crippen MR) is 77.0 cm³/mol. The van der Waals surface area contributed by atoms with Crippen molar-refractivity contribution in [1.82, 2.24) is 9.80 Å². The van der Waals surface area contributed by atoms with E-state index in [9.17, 15) is 0 Å². The van der Waals surface area contributed by atoms with Gasteiger partial charge in [-0.15, -0.1) is 0 Å². The first kappa shape index (κ1) is 13.9. The van der Waals surface area contributed by atoms with Crippen LogP contribution in [0.4, 0.5) is 0 Å². The minimum Gasteiger partial charge on any atom is -0.468 e. The molecule has 1 aromatic heterocycles. The lowest BCUT2D eigenvalue weighted by molar-refractivity contribution is 0.263. The van der Waals surface area contributed by atoms with Crippen molar-refractivity contribution >= 4 is 5.96 Å². The van der Waals surface area contributed by atoms with Crippen LogP contribution in [-0.4, -0.2) is 49.5 Å². The van der Waals surface area contributed by atoms with Gasteiger partial charge in [0.1, 0.15) is 5.76 Å². The Bertz CT molecular complexity index is 394. The van der Waals surface area contributed by atoms with Crippen molar-refractivity contribution in [2.45, 2.75) is 25.3 Å². The van der Waals surface area contributed by atoms with Gasteiger partial charge in [-0.25, -0.2) is 0 Å². The van der Waals surface area contributed by atoms with E-state index >= 15 is 0 Å². The first-order valence-electron chi connectivity index (χ1n) is 6.93. The fraction of sp³-hybridized carbons (Fsp3) is 0.643. The molecule has 0 amide bonds. The highest BCUT2D eigenvalue weighted by molar-refractivity contribution is 5.78. The number of furan rings is 1. The fourth-order valence-electron chi connectivity index (χ4n) is 2.39. The molecule has 5 heteroatoms. The summed E-state index contributed by atoms with van der Waals surface area (Å²) in [4.78, 5) is 8.83. The first-order chi connectivity index (χ1) is 9.18. The largest absolute Gasteiger partial charge is 0.468 e.